The fourth-order valence-corrected chi connectivity index (χ4v) is 3.50. The standard InChI is InChI=1S/C26H27FN2O2/c1-4-26(31)29(3)17-19-5-7-21(8-6-19)22-9-11-23(12-10-22)24(30)15-13-20-14-16-25(27)28-18(20)2/h5-12,14,16H,4,13,15,17H2,1-3H3. The zero-order valence-electron chi connectivity index (χ0n) is 18.2. The molecule has 0 spiro atoms. The lowest BCUT2D eigenvalue weighted by Crippen LogP contribution is -2.25. The maximum absolute atomic E-state index is 13.1. The van der Waals surface area contributed by atoms with Crippen molar-refractivity contribution >= 4 is 11.7 Å². The Labute approximate surface area is 182 Å². The molecule has 160 valence electrons. The van der Waals surface area contributed by atoms with Crippen molar-refractivity contribution in [3.8, 4) is 11.1 Å². The Hall–Kier alpha value is -3.34. The second kappa shape index (κ2) is 10.1. The number of Topliss-reactive ketones (excluding diaryl/α,β-unsaturated/α-hetero) is 1. The van der Waals surface area contributed by atoms with Gasteiger partial charge < -0.3 is 4.90 Å². The number of rotatable bonds is 8. The number of aromatic nitrogens is 1. The molecule has 5 heteroatoms. The summed E-state index contributed by atoms with van der Waals surface area (Å²) in [7, 11) is 1.81. The lowest BCUT2D eigenvalue weighted by molar-refractivity contribution is -0.130. The smallest absolute Gasteiger partial charge is 0.222 e. The highest BCUT2D eigenvalue weighted by molar-refractivity contribution is 5.96. The lowest BCUT2D eigenvalue weighted by Gasteiger charge is -2.16. The van der Waals surface area contributed by atoms with Crippen molar-refractivity contribution in [3.63, 3.8) is 0 Å². The van der Waals surface area contributed by atoms with Crippen LogP contribution in [0.1, 0.15) is 46.9 Å². The van der Waals surface area contributed by atoms with E-state index in [2.05, 4.69) is 4.98 Å². The quantitative estimate of drug-likeness (QED) is 0.365. The van der Waals surface area contributed by atoms with Crippen molar-refractivity contribution in [2.24, 2.45) is 0 Å². The van der Waals surface area contributed by atoms with Crippen LogP contribution in [0.15, 0.2) is 60.7 Å². The van der Waals surface area contributed by atoms with Crippen LogP contribution in [-0.4, -0.2) is 28.6 Å². The van der Waals surface area contributed by atoms with Gasteiger partial charge in [0.05, 0.1) is 0 Å². The molecule has 1 amide bonds. The normalized spacial score (nSPS) is 10.7. The summed E-state index contributed by atoms with van der Waals surface area (Å²) < 4.78 is 13.1. The van der Waals surface area contributed by atoms with Crippen molar-refractivity contribution in [2.45, 2.75) is 39.7 Å². The third kappa shape index (κ3) is 5.85. The zero-order chi connectivity index (χ0) is 22.4. The molecule has 31 heavy (non-hydrogen) atoms. The molecule has 0 N–H and O–H groups in total. The van der Waals surface area contributed by atoms with Crippen LogP contribution in [0.25, 0.3) is 11.1 Å². The number of aryl methyl sites for hydroxylation is 2. The van der Waals surface area contributed by atoms with E-state index in [1.165, 1.54) is 6.07 Å². The fraction of sp³-hybridized carbons (Fsp3) is 0.269. The largest absolute Gasteiger partial charge is 0.341 e. The molecule has 0 saturated heterocycles. The van der Waals surface area contributed by atoms with Gasteiger partial charge in [0.1, 0.15) is 0 Å². The summed E-state index contributed by atoms with van der Waals surface area (Å²) >= 11 is 0. The third-order valence-electron chi connectivity index (χ3n) is 5.42. The first-order chi connectivity index (χ1) is 14.9. The number of carbonyl (C=O) groups excluding carboxylic acids is 2. The monoisotopic (exact) mass is 418 g/mol. The number of hydrogen-bond donors (Lipinski definition) is 0. The summed E-state index contributed by atoms with van der Waals surface area (Å²) in [6.07, 6.45) is 1.39. The number of carbonyl (C=O) groups is 2. The van der Waals surface area contributed by atoms with E-state index in [0.29, 0.717) is 37.1 Å². The number of ketones is 1. The minimum absolute atomic E-state index is 0.0502. The SMILES string of the molecule is CCC(=O)N(C)Cc1ccc(-c2ccc(C(=O)CCc3ccc(F)nc3C)cc2)cc1. The number of amides is 1. The van der Waals surface area contributed by atoms with Gasteiger partial charge in [-0.15, -0.1) is 0 Å². The average Bonchev–Trinajstić information content (AvgIpc) is 2.78. The van der Waals surface area contributed by atoms with Crippen LogP contribution in [0.5, 0.6) is 0 Å². The van der Waals surface area contributed by atoms with Crippen molar-refractivity contribution < 1.29 is 14.0 Å². The van der Waals surface area contributed by atoms with Crippen LogP contribution in [0, 0.1) is 12.9 Å². The molecule has 1 heterocycles. The first-order valence-corrected chi connectivity index (χ1v) is 10.5. The second-order valence-corrected chi connectivity index (χ2v) is 7.68. The van der Waals surface area contributed by atoms with E-state index >= 15 is 0 Å². The second-order valence-electron chi connectivity index (χ2n) is 7.68. The van der Waals surface area contributed by atoms with Crippen LogP contribution >= 0.6 is 0 Å². The topological polar surface area (TPSA) is 50.3 Å². The minimum atomic E-state index is -0.502. The highest BCUT2D eigenvalue weighted by Crippen LogP contribution is 2.22. The van der Waals surface area contributed by atoms with Gasteiger partial charge in [-0.25, -0.2) is 4.98 Å². The van der Waals surface area contributed by atoms with Gasteiger partial charge in [-0.1, -0.05) is 61.5 Å². The number of halogens is 1. The van der Waals surface area contributed by atoms with E-state index in [9.17, 15) is 14.0 Å². The number of pyridine rings is 1. The van der Waals surface area contributed by atoms with E-state index in [1.54, 1.807) is 17.9 Å². The Morgan fingerprint density at radius 2 is 1.55 bits per heavy atom. The molecular formula is C26H27FN2O2. The molecule has 0 atom stereocenters. The molecule has 2 aromatic carbocycles. The van der Waals surface area contributed by atoms with E-state index in [4.69, 9.17) is 0 Å². The molecular weight excluding hydrogens is 391 g/mol. The predicted octanol–water partition coefficient (Wildman–Crippen LogP) is 5.38. The summed E-state index contributed by atoms with van der Waals surface area (Å²) in [5.74, 6) is -0.331. The van der Waals surface area contributed by atoms with Gasteiger partial charge in [0.25, 0.3) is 0 Å². The third-order valence-corrected chi connectivity index (χ3v) is 5.42. The summed E-state index contributed by atoms with van der Waals surface area (Å²) in [5.41, 5.74) is 5.33. The van der Waals surface area contributed by atoms with Crippen LogP contribution in [-0.2, 0) is 17.8 Å². The Morgan fingerprint density at radius 3 is 2.13 bits per heavy atom. The molecule has 0 aliphatic carbocycles. The van der Waals surface area contributed by atoms with Crippen molar-refractivity contribution in [3.05, 3.63) is 89.0 Å². The molecule has 0 saturated carbocycles. The maximum Gasteiger partial charge on any atom is 0.222 e. The number of hydrogen-bond acceptors (Lipinski definition) is 3. The lowest BCUT2D eigenvalue weighted by atomic mass is 9.98. The molecule has 3 aromatic rings. The average molecular weight is 419 g/mol. The van der Waals surface area contributed by atoms with E-state index in [1.807, 2.05) is 62.5 Å². The van der Waals surface area contributed by atoms with Crippen LogP contribution in [0.4, 0.5) is 4.39 Å². The first kappa shape index (κ1) is 22.3. The zero-order valence-corrected chi connectivity index (χ0v) is 18.2. The van der Waals surface area contributed by atoms with E-state index < -0.39 is 5.95 Å². The van der Waals surface area contributed by atoms with Crippen LogP contribution < -0.4 is 0 Å². The van der Waals surface area contributed by atoms with Crippen molar-refractivity contribution in [1.29, 1.82) is 0 Å². The minimum Gasteiger partial charge on any atom is -0.341 e. The molecule has 0 aliphatic rings. The fourth-order valence-electron chi connectivity index (χ4n) is 3.50. The first-order valence-electron chi connectivity index (χ1n) is 10.5. The molecule has 4 nitrogen and oxygen atoms in total. The molecule has 0 aliphatic heterocycles. The number of benzene rings is 2. The Kier molecular flexibility index (Phi) is 7.29. The Bertz CT molecular complexity index is 1060. The van der Waals surface area contributed by atoms with E-state index in [-0.39, 0.29) is 11.7 Å². The summed E-state index contributed by atoms with van der Waals surface area (Å²) in [5, 5.41) is 0. The highest BCUT2D eigenvalue weighted by atomic mass is 19.1. The summed E-state index contributed by atoms with van der Waals surface area (Å²) in [6, 6.07) is 18.7. The molecule has 0 unspecified atom stereocenters. The highest BCUT2D eigenvalue weighted by Gasteiger charge is 2.10. The van der Waals surface area contributed by atoms with Crippen molar-refractivity contribution in [2.75, 3.05) is 7.05 Å². The maximum atomic E-state index is 13.1. The van der Waals surface area contributed by atoms with Crippen LogP contribution in [0.2, 0.25) is 0 Å². The van der Waals surface area contributed by atoms with Gasteiger partial charge in [0.2, 0.25) is 11.9 Å². The van der Waals surface area contributed by atoms with Gasteiger partial charge in [-0.3, -0.25) is 9.59 Å². The number of nitrogens with zero attached hydrogens (tertiary/aromatic N) is 2. The Balaban J connectivity index is 1.61. The van der Waals surface area contributed by atoms with Gasteiger partial charge in [-0.2, -0.15) is 4.39 Å². The van der Waals surface area contributed by atoms with E-state index in [0.717, 1.165) is 22.3 Å². The van der Waals surface area contributed by atoms with Gasteiger partial charge >= 0.3 is 0 Å². The summed E-state index contributed by atoms with van der Waals surface area (Å²) in [6.45, 7) is 4.20. The van der Waals surface area contributed by atoms with Crippen molar-refractivity contribution in [1.82, 2.24) is 9.88 Å². The Morgan fingerprint density at radius 1 is 0.935 bits per heavy atom. The molecule has 0 fully saturated rings. The molecule has 3 rings (SSSR count). The molecule has 0 radical (unpaired) electrons. The van der Waals surface area contributed by atoms with Crippen LogP contribution in [0.3, 0.4) is 0 Å². The van der Waals surface area contributed by atoms with Gasteiger partial charge in [0.15, 0.2) is 5.78 Å². The van der Waals surface area contributed by atoms with Gasteiger partial charge in [-0.05, 0) is 41.7 Å². The molecule has 1 aromatic heterocycles. The summed E-state index contributed by atoms with van der Waals surface area (Å²) in [4.78, 5) is 29.8. The molecule has 0 bridgehead atoms. The van der Waals surface area contributed by atoms with Gasteiger partial charge in [0, 0.05) is 37.7 Å². The predicted molar refractivity (Wildman–Crippen MR) is 120 cm³/mol.